The molecule has 0 aromatic heterocycles. The lowest BCUT2D eigenvalue weighted by molar-refractivity contribution is 0.934. The molecule has 0 unspecified atom stereocenters. The smallest absolute Gasteiger partial charge is 0.0207 e. The monoisotopic (exact) mass is 276 g/mol. The van der Waals surface area contributed by atoms with Crippen molar-refractivity contribution in [2.75, 3.05) is 5.33 Å². The minimum absolute atomic E-state index is 1.08. The molecule has 0 N–H and O–H groups in total. The van der Waals surface area contributed by atoms with Gasteiger partial charge in [0.25, 0.3) is 0 Å². The van der Waals surface area contributed by atoms with E-state index in [9.17, 15) is 0 Å². The summed E-state index contributed by atoms with van der Waals surface area (Å²) in [6.45, 7) is 0. The fourth-order valence-electron chi connectivity index (χ4n) is 0.958. The van der Waals surface area contributed by atoms with E-state index in [4.69, 9.17) is 0 Å². The molecule has 60 valence electrons. The predicted octanol–water partition coefficient (Wildman–Crippen LogP) is 3.78. The Bertz CT molecular complexity index is 221. The van der Waals surface area contributed by atoms with Gasteiger partial charge in [0.05, 0.1) is 0 Å². The Morgan fingerprint density at radius 2 is 1.91 bits per heavy atom. The first kappa shape index (κ1) is 9.27. The molecule has 0 radical (unpaired) electrons. The van der Waals surface area contributed by atoms with E-state index >= 15 is 0 Å². The number of benzene rings is 1. The summed E-state index contributed by atoms with van der Waals surface area (Å²) < 4.78 is 1.22. The topological polar surface area (TPSA) is 0 Å². The second kappa shape index (κ2) is 4.94. The van der Waals surface area contributed by atoms with Gasteiger partial charge in [0.15, 0.2) is 0 Å². The molecule has 0 spiro atoms. The summed E-state index contributed by atoms with van der Waals surface area (Å²) in [4.78, 5) is 0. The van der Waals surface area contributed by atoms with Crippen LogP contribution in [0, 0.1) is 0 Å². The molecule has 0 saturated carbocycles. The quantitative estimate of drug-likeness (QED) is 0.738. The molecular weight excluding hydrogens is 268 g/mol. The molecule has 0 aliphatic heterocycles. The first-order valence-corrected chi connectivity index (χ1v) is 5.55. The van der Waals surface area contributed by atoms with Crippen LogP contribution in [-0.2, 0) is 6.42 Å². The van der Waals surface area contributed by atoms with Gasteiger partial charge in [-0.2, -0.15) is 0 Å². The zero-order valence-corrected chi connectivity index (χ0v) is 9.36. The lowest BCUT2D eigenvalue weighted by Crippen LogP contribution is -1.86. The molecule has 0 heterocycles. The molecule has 0 atom stereocenters. The molecule has 0 bridgehead atoms. The standard InChI is InChI=1S/C9H10Br2/c10-7-3-5-8-4-1-2-6-9(8)11/h1-2,4,6H,3,5,7H2. The fourth-order valence-corrected chi connectivity index (χ4v) is 1.72. The van der Waals surface area contributed by atoms with Gasteiger partial charge in [-0.15, -0.1) is 0 Å². The molecule has 0 amide bonds. The van der Waals surface area contributed by atoms with Crippen LogP contribution in [0.1, 0.15) is 12.0 Å². The van der Waals surface area contributed by atoms with Gasteiger partial charge in [-0.05, 0) is 24.5 Å². The van der Waals surface area contributed by atoms with Crippen LogP contribution in [0.15, 0.2) is 28.7 Å². The molecule has 0 saturated heterocycles. The molecule has 0 aliphatic carbocycles. The van der Waals surface area contributed by atoms with E-state index in [1.165, 1.54) is 16.5 Å². The van der Waals surface area contributed by atoms with Crippen LogP contribution in [0.2, 0.25) is 0 Å². The van der Waals surface area contributed by atoms with Gasteiger partial charge in [-0.1, -0.05) is 50.1 Å². The van der Waals surface area contributed by atoms with Crippen LogP contribution >= 0.6 is 31.9 Å². The first-order chi connectivity index (χ1) is 5.34. The molecule has 0 fully saturated rings. The normalized spacial score (nSPS) is 10.0. The Morgan fingerprint density at radius 1 is 1.18 bits per heavy atom. The highest BCUT2D eigenvalue weighted by atomic mass is 79.9. The summed E-state index contributed by atoms with van der Waals surface area (Å²) >= 11 is 6.93. The van der Waals surface area contributed by atoms with Gasteiger partial charge in [0.1, 0.15) is 0 Å². The van der Waals surface area contributed by atoms with Crippen LogP contribution in [0.3, 0.4) is 0 Å². The molecule has 2 heteroatoms. The van der Waals surface area contributed by atoms with Gasteiger partial charge < -0.3 is 0 Å². The van der Waals surface area contributed by atoms with Gasteiger partial charge in [0, 0.05) is 9.80 Å². The van der Waals surface area contributed by atoms with E-state index in [2.05, 4.69) is 50.1 Å². The summed E-state index contributed by atoms with van der Waals surface area (Å²) in [5.41, 5.74) is 1.40. The summed E-state index contributed by atoms with van der Waals surface area (Å²) in [6, 6.07) is 8.37. The third-order valence-electron chi connectivity index (χ3n) is 1.54. The number of hydrogen-bond donors (Lipinski definition) is 0. The van der Waals surface area contributed by atoms with Crippen molar-refractivity contribution in [3.63, 3.8) is 0 Å². The Hall–Kier alpha value is 0.180. The number of rotatable bonds is 3. The van der Waals surface area contributed by atoms with Crippen molar-refractivity contribution in [3.8, 4) is 0 Å². The third kappa shape index (κ3) is 2.96. The lowest BCUT2D eigenvalue weighted by atomic mass is 10.1. The second-order valence-electron chi connectivity index (χ2n) is 2.38. The maximum atomic E-state index is 3.51. The maximum absolute atomic E-state index is 3.51. The molecule has 1 rings (SSSR count). The van der Waals surface area contributed by atoms with E-state index in [-0.39, 0.29) is 0 Å². The van der Waals surface area contributed by atoms with Crippen molar-refractivity contribution < 1.29 is 0 Å². The van der Waals surface area contributed by atoms with E-state index in [1.54, 1.807) is 0 Å². The summed E-state index contributed by atoms with van der Waals surface area (Å²) in [5.74, 6) is 0. The van der Waals surface area contributed by atoms with Crippen LogP contribution in [0.25, 0.3) is 0 Å². The highest BCUT2D eigenvalue weighted by molar-refractivity contribution is 9.10. The molecule has 0 aliphatic rings. The molecule has 1 aromatic carbocycles. The van der Waals surface area contributed by atoms with E-state index in [0.29, 0.717) is 0 Å². The number of alkyl halides is 1. The average Bonchev–Trinajstić information content (AvgIpc) is 2.03. The molecule has 0 nitrogen and oxygen atoms in total. The van der Waals surface area contributed by atoms with Gasteiger partial charge in [0.2, 0.25) is 0 Å². The van der Waals surface area contributed by atoms with Crippen LogP contribution in [0.4, 0.5) is 0 Å². The highest BCUT2D eigenvalue weighted by Gasteiger charge is 1.95. The molecular formula is C9H10Br2. The largest absolute Gasteiger partial charge is 0.0928 e. The van der Waals surface area contributed by atoms with E-state index in [1.807, 2.05) is 6.07 Å². The van der Waals surface area contributed by atoms with E-state index in [0.717, 1.165) is 11.8 Å². The number of hydrogen-bond acceptors (Lipinski definition) is 0. The van der Waals surface area contributed by atoms with Crippen molar-refractivity contribution in [1.29, 1.82) is 0 Å². The zero-order valence-electron chi connectivity index (χ0n) is 6.19. The third-order valence-corrected chi connectivity index (χ3v) is 2.87. The van der Waals surface area contributed by atoms with Crippen molar-refractivity contribution in [2.45, 2.75) is 12.8 Å². The van der Waals surface area contributed by atoms with Crippen LogP contribution < -0.4 is 0 Å². The van der Waals surface area contributed by atoms with Crippen LogP contribution in [0.5, 0.6) is 0 Å². The van der Waals surface area contributed by atoms with Gasteiger partial charge in [-0.3, -0.25) is 0 Å². The highest BCUT2D eigenvalue weighted by Crippen LogP contribution is 2.17. The Morgan fingerprint density at radius 3 is 2.55 bits per heavy atom. The lowest BCUT2D eigenvalue weighted by Gasteiger charge is -2.00. The number of halogens is 2. The summed E-state index contributed by atoms with van der Waals surface area (Å²) in [7, 11) is 0. The predicted molar refractivity (Wildman–Crippen MR) is 56.3 cm³/mol. The Balaban J connectivity index is 2.62. The summed E-state index contributed by atoms with van der Waals surface area (Å²) in [6.07, 6.45) is 2.34. The Labute approximate surface area is 84.3 Å². The second-order valence-corrected chi connectivity index (χ2v) is 4.03. The van der Waals surface area contributed by atoms with Crippen molar-refractivity contribution in [1.82, 2.24) is 0 Å². The van der Waals surface area contributed by atoms with Crippen molar-refractivity contribution >= 4 is 31.9 Å². The van der Waals surface area contributed by atoms with E-state index < -0.39 is 0 Å². The SMILES string of the molecule is BrCCCc1ccccc1Br. The van der Waals surface area contributed by atoms with Crippen molar-refractivity contribution in [3.05, 3.63) is 34.3 Å². The Kier molecular flexibility index (Phi) is 4.16. The fraction of sp³-hybridized carbons (Fsp3) is 0.333. The summed E-state index contributed by atoms with van der Waals surface area (Å²) in [5, 5.41) is 1.08. The maximum Gasteiger partial charge on any atom is 0.0207 e. The average molecular weight is 278 g/mol. The van der Waals surface area contributed by atoms with Gasteiger partial charge in [-0.25, -0.2) is 0 Å². The first-order valence-electron chi connectivity index (χ1n) is 3.64. The zero-order chi connectivity index (χ0) is 8.10. The molecule has 11 heavy (non-hydrogen) atoms. The number of aryl methyl sites for hydroxylation is 1. The van der Waals surface area contributed by atoms with Crippen LogP contribution in [-0.4, -0.2) is 5.33 Å². The molecule has 1 aromatic rings. The minimum atomic E-state index is 1.08. The minimum Gasteiger partial charge on any atom is -0.0928 e. The van der Waals surface area contributed by atoms with Gasteiger partial charge >= 0.3 is 0 Å². The van der Waals surface area contributed by atoms with Crippen molar-refractivity contribution in [2.24, 2.45) is 0 Å².